The lowest BCUT2D eigenvalue weighted by Gasteiger charge is -2.08. The lowest BCUT2D eigenvalue weighted by Crippen LogP contribution is -2.26. The normalized spacial score (nSPS) is 10.5. The number of rotatable bonds is 2. The van der Waals surface area contributed by atoms with Crippen molar-refractivity contribution in [1.29, 1.82) is 0 Å². The Morgan fingerprint density at radius 2 is 2.13 bits per heavy atom. The van der Waals surface area contributed by atoms with Crippen LogP contribution in [-0.2, 0) is 0 Å². The quantitative estimate of drug-likeness (QED) is 0.554. The van der Waals surface area contributed by atoms with Crippen molar-refractivity contribution in [2.45, 2.75) is 13.8 Å². The second-order valence-corrected chi connectivity index (χ2v) is 3.46. The maximum absolute atomic E-state index is 11.5. The smallest absolute Gasteiger partial charge is 0.227 e. The molecule has 0 saturated carbocycles. The molecule has 0 aliphatic carbocycles. The Bertz CT molecular complexity index is 494. The predicted molar refractivity (Wildman–Crippen MR) is 58.8 cm³/mol. The van der Waals surface area contributed by atoms with E-state index in [0.717, 1.165) is 21.4 Å². The van der Waals surface area contributed by atoms with Crippen molar-refractivity contribution in [1.82, 2.24) is 0 Å². The Labute approximate surface area is 88.5 Å². The molecular formula is C12H13NO2. The molecule has 0 fully saturated rings. The minimum atomic E-state index is 0.603. The molecule has 0 amide bonds. The van der Waals surface area contributed by atoms with Crippen LogP contribution in [0.5, 0.6) is 5.75 Å². The molecule has 78 valence electrons. The molecule has 2 rings (SSSR count). The van der Waals surface area contributed by atoms with E-state index in [2.05, 4.69) is 0 Å². The minimum absolute atomic E-state index is 0.603. The highest BCUT2D eigenvalue weighted by Gasteiger charge is 2.09. The van der Waals surface area contributed by atoms with Gasteiger partial charge >= 0.3 is 0 Å². The number of nitrogens with zero attached hydrogens (tertiary/aromatic N) is 1. The van der Waals surface area contributed by atoms with E-state index in [1.54, 1.807) is 6.07 Å². The average molecular weight is 203 g/mol. The topological polar surface area (TPSA) is 36.2 Å². The first-order valence-corrected chi connectivity index (χ1v) is 4.97. The zero-order valence-electron chi connectivity index (χ0n) is 8.86. The summed E-state index contributed by atoms with van der Waals surface area (Å²) in [4.78, 5) is 0. The van der Waals surface area contributed by atoms with E-state index in [4.69, 9.17) is 4.74 Å². The maximum Gasteiger partial charge on any atom is 0.227 e. The fraction of sp³-hybridized carbons (Fsp3) is 0.250. The Morgan fingerprint density at radius 3 is 2.87 bits per heavy atom. The van der Waals surface area contributed by atoms with E-state index in [-0.39, 0.29) is 0 Å². The fourth-order valence-corrected chi connectivity index (χ4v) is 1.63. The van der Waals surface area contributed by atoms with Crippen LogP contribution in [0.4, 0.5) is 0 Å². The number of hydrogen-bond donors (Lipinski definition) is 0. The monoisotopic (exact) mass is 203 g/mol. The van der Waals surface area contributed by atoms with E-state index < -0.39 is 0 Å². The van der Waals surface area contributed by atoms with E-state index in [1.165, 1.54) is 6.20 Å². The molecule has 1 heterocycles. The molecule has 0 aliphatic rings. The zero-order valence-corrected chi connectivity index (χ0v) is 8.86. The van der Waals surface area contributed by atoms with Crippen LogP contribution in [0.25, 0.3) is 10.9 Å². The van der Waals surface area contributed by atoms with Crippen LogP contribution in [0.1, 0.15) is 12.5 Å². The van der Waals surface area contributed by atoms with Crippen molar-refractivity contribution in [2.24, 2.45) is 0 Å². The van der Waals surface area contributed by atoms with Crippen molar-refractivity contribution in [3.8, 4) is 5.75 Å². The number of aryl methyl sites for hydroxylation is 1. The summed E-state index contributed by atoms with van der Waals surface area (Å²) in [6.07, 6.45) is 1.47. The molecule has 3 heteroatoms. The van der Waals surface area contributed by atoms with E-state index >= 15 is 0 Å². The molecule has 0 saturated heterocycles. The van der Waals surface area contributed by atoms with Crippen molar-refractivity contribution in [3.05, 3.63) is 41.2 Å². The maximum atomic E-state index is 11.5. The second-order valence-electron chi connectivity index (χ2n) is 3.46. The molecule has 0 unspecified atom stereocenters. The summed E-state index contributed by atoms with van der Waals surface area (Å²) in [6.45, 7) is 4.53. The Balaban J connectivity index is 2.72. The number of aromatic nitrogens is 1. The van der Waals surface area contributed by atoms with Crippen molar-refractivity contribution < 1.29 is 9.47 Å². The molecule has 2 aromatic rings. The van der Waals surface area contributed by atoms with Gasteiger partial charge in [-0.15, -0.1) is 0 Å². The third-order valence-corrected chi connectivity index (χ3v) is 2.32. The molecule has 0 bridgehead atoms. The Kier molecular flexibility index (Phi) is 2.46. The molecular weight excluding hydrogens is 190 g/mol. The standard InChI is InChI=1S/C12H13NO2/c1-3-15-12-6-7-13(14)11-5-4-9(2)8-10(11)12/h4-8H,3H2,1-2H3. The van der Waals surface area contributed by atoms with Gasteiger partial charge in [-0.05, 0) is 25.5 Å². The van der Waals surface area contributed by atoms with Crippen LogP contribution in [-0.4, -0.2) is 6.61 Å². The molecule has 0 N–H and O–H groups in total. The van der Waals surface area contributed by atoms with Crippen molar-refractivity contribution >= 4 is 10.9 Å². The number of pyridine rings is 1. The van der Waals surface area contributed by atoms with Crippen LogP contribution in [0.3, 0.4) is 0 Å². The molecule has 1 aromatic heterocycles. The highest BCUT2D eigenvalue weighted by atomic mass is 16.5. The Hall–Kier alpha value is -1.77. The number of fused-ring (bicyclic) bond motifs is 1. The van der Waals surface area contributed by atoms with Crippen molar-refractivity contribution in [2.75, 3.05) is 6.61 Å². The summed E-state index contributed by atoms with van der Waals surface area (Å²) in [5.74, 6) is 0.767. The lowest BCUT2D eigenvalue weighted by atomic mass is 10.1. The van der Waals surface area contributed by atoms with Gasteiger partial charge in [0.15, 0.2) is 6.20 Å². The highest BCUT2D eigenvalue weighted by molar-refractivity contribution is 5.83. The molecule has 0 spiro atoms. The van der Waals surface area contributed by atoms with Gasteiger partial charge < -0.3 is 9.94 Å². The number of benzene rings is 1. The van der Waals surface area contributed by atoms with E-state index in [1.807, 2.05) is 32.0 Å². The highest BCUT2D eigenvalue weighted by Crippen LogP contribution is 2.23. The molecule has 0 radical (unpaired) electrons. The summed E-state index contributed by atoms with van der Waals surface area (Å²) >= 11 is 0. The molecule has 0 aliphatic heterocycles. The summed E-state index contributed by atoms with van der Waals surface area (Å²) in [5.41, 5.74) is 1.77. The summed E-state index contributed by atoms with van der Waals surface area (Å²) in [5, 5.41) is 12.4. The van der Waals surface area contributed by atoms with Gasteiger partial charge in [-0.2, -0.15) is 4.73 Å². The lowest BCUT2D eigenvalue weighted by molar-refractivity contribution is -0.577. The summed E-state index contributed by atoms with van der Waals surface area (Å²) in [7, 11) is 0. The minimum Gasteiger partial charge on any atom is -0.618 e. The first kappa shape index (κ1) is 9.77. The van der Waals surface area contributed by atoms with Gasteiger partial charge in [-0.3, -0.25) is 0 Å². The van der Waals surface area contributed by atoms with Crippen LogP contribution < -0.4 is 9.47 Å². The fourth-order valence-electron chi connectivity index (χ4n) is 1.63. The van der Waals surface area contributed by atoms with Crippen LogP contribution in [0.2, 0.25) is 0 Å². The third kappa shape index (κ3) is 1.73. The first-order valence-electron chi connectivity index (χ1n) is 4.97. The predicted octanol–water partition coefficient (Wildman–Crippen LogP) is 2.18. The number of ether oxygens (including phenoxy) is 1. The molecule has 0 atom stereocenters. The molecule has 3 nitrogen and oxygen atoms in total. The molecule has 1 aromatic carbocycles. The number of hydrogen-bond acceptors (Lipinski definition) is 2. The van der Waals surface area contributed by atoms with Gasteiger partial charge in [0.25, 0.3) is 0 Å². The van der Waals surface area contributed by atoms with Gasteiger partial charge in [0.1, 0.15) is 5.75 Å². The summed E-state index contributed by atoms with van der Waals surface area (Å²) < 4.78 is 6.34. The van der Waals surface area contributed by atoms with Gasteiger partial charge in [0.2, 0.25) is 5.52 Å². The van der Waals surface area contributed by atoms with Crippen molar-refractivity contribution in [3.63, 3.8) is 0 Å². The van der Waals surface area contributed by atoms with Crippen LogP contribution >= 0.6 is 0 Å². The SMILES string of the molecule is CCOc1cc[n+]([O-])c2ccc(C)cc12. The zero-order chi connectivity index (χ0) is 10.8. The van der Waals surface area contributed by atoms with Gasteiger partial charge in [-0.1, -0.05) is 6.07 Å². The average Bonchev–Trinajstić information content (AvgIpc) is 2.22. The van der Waals surface area contributed by atoms with E-state index in [0.29, 0.717) is 12.1 Å². The Morgan fingerprint density at radius 1 is 1.33 bits per heavy atom. The first-order chi connectivity index (χ1) is 7.22. The van der Waals surface area contributed by atoms with Gasteiger partial charge in [-0.25, -0.2) is 0 Å². The second kappa shape index (κ2) is 3.77. The van der Waals surface area contributed by atoms with Gasteiger partial charge in [0.05, 0.1) is 12.0 Å². The van der Waals surface area contributed by atoms with Gasteiger partial charge in [0, 0.05) is 12.1 Å². The van der Waals surface area contributed by atoms with Crippen LogP contribution in [0.15, 0.2) is 30.5 Å². The summed E-state index contributed by atoms with van der Waals surface area (Å²) in [6, 6.07) is 7.42. The third-order valence-electron chi connectivity index (χ3n) is 2.32. The van der Waals surface area contributed by atoms with E-state index in [9.17, 15) is 5.21 Å². The largest absolute Gasteiger partial charge is 0.618 e. The molecule has 15 heavy (non-hydrogen) atoms. The van der Waals surface area contributed by atoms with Crippen LogP contribution in [0, 0.1) is 12.1 Å².